The average molecular weight is 366 g/mol. The van der Waals surface area contributed by atoms with Gasteiger partial charge in [-0.1, -0.05) is 0 Å². The number of halogens is 10. The SMILES string of the molecule is O=c1occ(CC(F)(F)C(F)(F)OC(C(F)(F)F)C(F)(F)F)o1. The highest BCUT2D eigenvalue weighted by Gasteiger charge is 2.67. The Bertz CT molecular complexity index is 566. The van der Waals surface area contributed by atoms with Crippen molar-refractivity contribution in [2.75, 3.05) is 0 Å². The Morgan fingerprint density at radius 3 is 1.78 bits per heavy atom. The van der Waals surface area contributed by atoms with E-state index < -0.39 is 48.5 Å². The maximum atomic E-state index is 13.2. The van der Waals surface area contributed by atoms with E-state index >= 15 is 0 Å². The molecule has 14 heteroatoms. The minimum absolute atomic E-state index is 0.136. The first-order valence-corrected chi connectivity index (χ1v) is 5.20. The summed E-state index contributed by atoms with van der Waals surface area (Å²) in [5.74, 6) is -8.40. The highest BCUT2D eigenvalue weighted by Crippen LogP contribution is 2.44. The van der Waals surface area contributed by atoms with Gasteiger partial charge in [0.2, 0.25) is 0 Å². The second-order valence-corrected chi connectivity index (χ2v) is 4.03. The first-order valence-electron chi connectivity index (χ1n) is 5.20. The van der Waals surface area contributed by atoms with Gasteiger partial charge in [-0.3, -0.25) is 4.74 Å². The van der Waals surface area contributed by atoms with Crippen molar-refractivity contribution >= 4 is 0 Å². The first kappa shape index (κ1) is 19.3. The molecule has 0 saturated carbocycles. The summed E-state index contributed by atoms with van der Waals surface area (Å²) in [7, 11) is 0. The molecule has 1 aromatic heterocycles. The second kappa shape index (κ2) is 5.72. The molecule has 0 N–H and O–H groups in total. The van der Waals surface area contributed by atoms with Crippen molar-refractivity contribution < 1.29 is 57.5 Å². The zero-order valence-corrected chi connectivity index (χ0v) is 10.3. The van der Waals surface area contributed by atoms with Crippen molar-refractivity contribution in [2.45, 2.75) is 36.9 Å². The summed E-state index contributed by atoms with van der Waals surface area (Å²) < 4.78 is 135. The van der Waals surface area contributed by atoms with Crippen molar-refractivity contribution in [3.8, 4) is 0 Å². The average Bonchev–Trinajstić information content (AvgIpc) is 2.67. The van der Waals surface area contributed by atoms with E-state index in [4.69, 9.17) is 0 Å². The van der Waals surface area contributed by atoms with Crippen LogP contribution in [0.5, 0.6) is 0 Å². The first-order chi connectivity index (χ1) is 10.1. The molecule has 4 nitrogen and oxygen atoms in total. The third-order valence-corrected chi connectivity index (χ3v) is 2.18. The topological polar surface area (TPSA) is 52.6 Å². The highest BCUT2D eigenvalue weighted by atomic mass is 19.4. The lowest BCUT2D eigenvalue weighted by atomic mass is 10.2. The molecule has 0 spiro atoms. The Kier molecular flexibility index (Phi) is 4.81. The maximum absolute atomic E-state index is 13.2. The van der Waals surface area contributed by atoms with Gasteiger partial charge in [-0.2, -0.15) is 43.9 Å². The molecule has 0 aliphatic heterocycles. The largest absolute Gasteiger partial charge is 0.518 e. The lowest BCUT2D eigenvalue weighted by Gasteiger charge is -2.31. The van der Waals surface area contributed by atoms with Gasteiger partial charge < -0.3 is 8.83 Å². The molecule has 0 saturated heterocycles. The molecule has 0 aliphatic carbocycles. The van der Waals surface area contributed by atoms with Gasteiger partial charge in [0.1, 0.15) is 6.26 Å². The van der Waals surface area contributed by atoms with Crippen LogP contribution >= 0.6 is 0 Å². The monoisotopic (exact) mass is 366 g/mol. The van der Waals surface area contributed by atoms with E-state index in [2.05, 4.69) is 13.6 Å². The van der Waals surface area contributed by atoms with Gasteiger partial charge in [0.15, 0.2) is 5.76 Å². The molecule has 0 radical (unpaired) electrons. The van der Waals surface area contributed by atoms with E-state index in [1.165, 1.54) is 0 Å². The molecule has 1 aromatic rings. The van der Waals surface area contributed by atoms with E-state index in [1.54, 1.807) is 0 Å². The van der Waals surface area contributed by atoms with Gasteiger partial charge in [0.25, 0.3) is 6.10 Å². The molecule has 0 amide bonds. The van der Waals surface area contributed by atoms with Crippen molar-refractivity contribution in [3.05, 3.63) is 22.6 Å². The highest BCUT2D eigenvalue weighted by molar-refractivity contribution is 4.95. The van der Waals surface area contributed by atoms with Crippen LogP contribution in [0.25, 0.3) is 0 Å². The zero-order chi connectivity index (χ0) is 18.3. The van der Waals surface area contributed by atoms with E-state index in [0.29, 0.717) is 0 Å². The minimum atomic E-state index is -6.42. The number of hydrogen-bond acceptors (Lipinski definition) is 4. The predicted molar refractivity (Wildman–Crippen MR) is 47.8 cm³/mol. The van der Waals surface area contributed by atoms with Crippen molar-refractivity contribution in [1.29, 1.82) is 0 Å². The summed E-state index contributed by atoms with van der Waals surface area (Å²) in [6, 6.07) is 0. The zero-order valence-electron chi connectivity index (χ0n) is 10.3. The van der Waals surface area contributed by atoms with Crippen LogP contribution in [-0.2, 0) is 11.2 Å². The summed E-state index contributed by atoms with van der Waals surface area (Å²) in [4.78, 5) is 10.4. The molecule has 134 valence electrons. The van der Waals surface area contributed by atoms with E-state index in [-0.39, 0.29) is 6.26 Å². The van der Waals surface area contributed by atoms with Crippen LogP contribution in [0, 0.1) is 0 Å². The predicted octanol–water partition coefficient (Wildman–Crippen LogP) is 3.51. The quantitative estimate of drug-likeness (QED) is 0.749. The summed E-state index contributed by atoms with van der Waals surface area (Å²) >= 11 is 0. The molecule has 23 heavy (non-hydrogen) atoms. The van der Waals surface area contributed by atoms with Crippen LogP contribution in [0.4, 0.5) is 43.9 Å². The third-order valence-electron chi connectivity index (χ3n) is 2.18. The third kappa shape index (κ3) is 4.62. The summed E-state index contributed by atoms with van der Waals surface area (Å²) in [6.45, 7) is 0. The molecule has 0 aliphatic rings. The molecule has 0 fully saturated rings. The Balaban J connectivity index is 3.04. The van der Waals surface area contributed by atoms with Gasteiger partial charge in [-0.15, -0.1) is 0 Å². The Labute approximate surface area is 118 Å². The van der Waals surface area contributed by atoms with Crippen molar-refractivity contribution in [3.63, 3.8) is 0 Å². The van der Waals surface area contributed by atoms with Crippen LogP contribution in [0.3, 0.4) is 0 Å². The second-order valence-electron chi connectivity index (χ2n) is 4.03. The molecule has 1 rings (SSSR count). The van der Waals surface area contributed by atoms with Crippen LogP contribution in [0.15, 0.2) is 19.9 Å². The molecule has 0 aromatic carbocycles. The summed E-state index contributed by atoms with van der Waals surface area (Å²) in [5, 5.41) is 0. The molecule has 1 heterocycles. The van der Waals surface area contributed by atoms with Crippen molar-refractivity contribution in [1.82, 2.24) is 0 Å². The summed E-state index contributed by atoms with van der Waals surface area (Å²) in [6.07, 6.45) is -26.3. The van der Waals surface area contributed by atoms with Crippen molar-refractivity contribution in [2.24, 2.45) is 0 Å². The van der Waals surface area contributed by atoms with Crippen LogP contribution in [0.2, 0.25) is 0 Å². The Morgan fingerprint density at radius 1 is 0.957 bits per heavy atom. The lowest BCUT2D eigenvalue weighted by Crippen LogP contribution is -2.54. The van der Waals surface area contributed by atoms with E-state index in [9.17, 15) is 48.7 Å². The fraction of sp³-hybridized carbons (Fsp3) is 0.667. The number of ether oxygens (including phenoxy) is 1. The van der Waals surface area contributed by atoms with Gasteiger partial charge in [-0.25, -0.2) is 4.79 Å². The summed E-state index contributed by atoms with van der Waals surface area (Å²) in [5.41, 5.74) is 0. The maximum Gasteiger partial charge on any atom is 0.518 e. The van der Waals surface area contributed by atoms with Gasteiger partial charge in [0, 0.05) is 0 Å². The molecular formula is C9H4F10O4. The molecule has 0 unspecified atom stereocenters. The fourth-order valence-corrected chi connectivity index (χ4v) is 1.22. The number of rotatable bonds is 5. The van der Waals surface area contributed by atoms with Gasteiger partial charge in [0.05, 0.1) is 6.42 Å². The van der Waals surface area contributed by atoms with Crippen LogP contribution < -0.4 is 5.82 Å². The van der Waals surface area contributed by atoms with Crippen LogP contribution in [0.1, 0.15) is 5.76 Å². The van der Waals surface area contributed by atoms with E-state index in [0.717, 1.165) is 0 Å². The van der Waals surface area contributed by atoms with Crippen LogP contribution in [-0.4, -0.2) is 30.5 Å². The standard InChI is InChI=1S/C9H4F10O4/c10-6(11,1-3-2-21-5(20)22-3)9(18,19)23-4(7(12,13)14)8(15,16)17/h2,4H,1H2. The Hall–Kier alpha value is -1.73. The number of hydrogen-bond donors (Lipinski definition) is 0. The van der Waals surface area contributed by atoms with Gasteiger partial charge in [-0.05, 0) is 0 Å². The van der Waals surface area contributed by atoms with Gasteiger partial charge >= 0.3 is 30.2 Å². The lowest BCUT2D eigenvalue weighted by molar-refractivity contribution is -0.427. The smallest absolute Gasteiger partial charge is 0.399 e. The molecule has 0 atom stereocenters. The normalized spacial score (nSPS) is 14.6. The van der Waals surface area contributed by atoms with E-state index in [1.807, 2.05) is 0 Å². The molecular weight excluding hydrogens is 362 g/mol. The number of alkyl halides is 10. The minimum Gasteiger partial charge on any atom is -0.399 e. The Morgan fingerprint density at radius 2 is 1.43 bits per heavy atom. The fourth-order valence-electron chi connectivity index (χ4n) is 1.22. The molecule has 0 bridgehead atoms.